The van der Waals surface area contributed by atoms with Gasteiger partial charge in [0.2, 0.25) is 0 Å². The quantitative estimate of drug-likeness (QED) is 0.222. The molecule has 4 heterocycles. The van der Waals surface area contributed by atoms with Gasteiger partial charge < -0.3 is 19.5 Å². The molecule has 4 aromatic rings. The Morgan fingerprint density at radius 1 is 1.14 bits per heavy atom. The van der Waals surface area contributed by atoms with E-state index in [9.17, 15) is 9.90 Å². The number of hydrogen-bond acceptors (Lipinski definition) is 7. The van der Waals surface area contributed by atoms with E-state index in [1.165, 1.54) is 0 Å². The van der Waals surface area contributed by atoms with Crippen LogP contribution in [0.1, 0.15) is 65.7 Å². The van der Waals surface area contributed by atoms with Gasteiger partial charge in [-0.1, -0.05) is 40.6 Å². The molecule has 2 aromatic heterocycles. The molecule has 2 saturated carbocycles. The Morgan fingerprint density at radius 2 is 1.98 bits per heavy atom. The molecule has 11 heteroatoms. The third kappa shape index (κ3) is 4.61. The number of carboxylic acid groups (broad SMARTS) is 1. The van der Waals surface area contributed by atoms with Crippen molar-refractivity contribution in [1.82, 2.24) is 14.8 Å². The summed E-state index contributed by atoms with van der Waals surface area (Å²) in [6, 6.07) is 9.91. The van der Waals surface area contributed by atoms with Gasteiger partial charge in [-0.3, -0.25) is 4.68 Å². The van der Waals surface area contributed by atoms with Crippen LogP contribution in [0.4, 0.5) is 5.13 Å². The SMILES string of the molecule is O=C(O)c1cc([C@H]2CCOC2)c2nc(N3C[C@@H]4C[C@H]3C[C@H]4OCc3c(-c4c(Cl)cccc4Cl)cnn3C3CC3)sc2c1. The lowest BCUT2D eigenvalue weighted by molar-refractivity contribution is 0.00958. The minimum absolute atomic E-state index is 0.155. The summed E-state index contributed by atoms with van der Waals surface area (Å²) in [7, 11) is 0. The first-order valence-corrected chi connectivity index (χ1v) is 16.2. The van der Waals surface area contributed by atoms with E-state index >= 15 is 0 Å². The van der Waals surface area contributed by atoms with Gasteiger partial charge in [-0.05, 0) is 61.9 Å². The summed E-state index contributed by atoms with van der Waals surface area (Å²) in [6.45, 7) is 2.66. The fraction of sp³-hybridized carbons (Fsp3) is 0.452. The Labute approximate surface area is 257 Å². The summed E-state index contributed by atoms with van der Waals surface area (Å²) in [6.07, 6.45) is 7.17. The van der Waals surface area contributed by atoms with Crippen molar-refractivity contribution in [3.05, 3.63) is 63.4 Å². The van der Waals surface area contributed by atoms with Gasteiger partial charge in [-0.15, -0.1) is 0 Å². The number of fused-ring (bicyclic) bond motifs is 3. The van der Waals surface area contributed by atoms with Gasteiger partial charge in [0.25, 0.3) is 0 Å². The number of ether oxygens (including phenoxy) is 2. The number of carbonyl (C=O) groups is 1. The van der Waals surface area contributed by atoms with Crippen LogP contribution in [0, 0.1) is 5.92 Å². The number of aromatic nitrogens is 3. The zero-order valence-corrected chi connectivity index (χ0v) is 25.2. The molecule has 0 amide bonds. The van der Waals surface area contributed by atoms with E-state index in [0.29, 0.717) is 53.4 Å². The van der Waals surface area contributed by atoms with Gasteiger partial charge in [0, 0.05) is 42.2 Å². The molecule has 2 aromatic carbocycles. The summed E-state index contributed by atoms with van der Waals surface area (Å²) in [5, 5.41) is 16.7. The van der Waals surface area contributed by atoms with E-state index in [2.05, 4.69) is 9.58 Å². The number of halogens is 2. The van der Waals surface area contributed by atoms with Gasteiger partial charge >= 0.3 is 5.97 Å². The Kier molecular flexibility index (Phi) is 6.72. The maximum Gasteiger partial charge on any atom is 0.335 e. The van der Waals surface area contributed by atoms with E-state index in [1.807, 2.05) is 24.4 Å². The average molecular weight is 626 g/mol. The van der Waals surface area contributed by atoms with Crippen LogP contribution in [0.15, 0.2) is 36.5 Å². The normalized spacial score (nSPS) is 25.2. The molecule has 4 fully saturated rings. The van der Waals surface area contributed by atoms with Crippen molar-refractivity contribution in [2.45, 2.75) is 62.8 Å². The van der Waals surface area contributed by atoms with E-state index in [-0.39, 0.29) is 12.0 Å². The first-order valence-electron chi connectivity index (χ1n) is 14.6. The van der Waals surface area contributed by atoms with Crippen molar-refractivity contribution in [2.75, 3.05) is 24.7 Å². The summed E-state index contributed by atoms with van der Waals surface area (Å²) in [5.41, 5.74) is 5.04. The van der Waals surface area contributed by atoms with E-state index in [0.717, 1.165) is 76.4 Å². The first-order chi connectivity index (χ1) is 20.4. The predicted octanol–water partition coefficient (Wildman–Crippen LogP) is 7.19. The van der Waals surface area contributed by atoms with Gasteiger partial charge in [0.05, 0.1) is 63.1 Å². The van der Waals surface area contributed by atoms with E-state index in [1.54, 1.807) is 23.5 Å². The smallest absolute Gasteiger partial charge is 0.335 e. The third-order valence-electron chi connectivity index (χ3n) is 9.31. The highest BCUT2D eigenvalue weighted by Gasteiger charge is 2.46. The molecule has 2 bridgehead atoms. The molecular weight excluding hydrogens is 595 g/mol. The Hall–Kier alpha value is -2.69. The van der Waals surface area contributed by atoms with Gasteiger partial charge in [-0.2, -0.15) is 5.10 Å². The summed E-state index contributed by atoms with van der Waals surface area (Å²) in [4.78, 5) is 19.4. The highest BCUT2D eigenvalue weighted by atomic mass is 35.5. The van der Waals surface area contributed by atoms with Crippen LogP contribution >= 0.6 is 34.5 Å². The average Bonchev–Trinajstić information content (AvgIpc) is 3.49. The lowest BCUT2D eigenvalue weighted by Crippen LogP contribution is -2.38. The number of aromatic carboxylic acids is 1. The summed E-state index contributed by atoms with van der Waals surface area (Å²) in [5.74, 6) is -0.316. The topological polar surface area (TPSA) is 89.7 Å². The van der Waals surface area contributed by atoms with Crippen LogP contribution in [0.5, 0.6) is 0 Å². The maximum absolute atomic E-state index is 11.9. The molecule has 8 rings (SSSR count). The van der Waals surface area contributed by atoms with Crippen molar-refractivity contribution >= 4 is 55.9 Å². The monoisotopic (exact) mass is 624 g/mol. The molecule has 218 valence electrons. The van der Waals surface area contributed by atoms with Gasteiger partial charge in [-0.25, -0.2) is 9.78 Å². The van der Waals surface area contributed by atoms with Crippen molar-refractivity contribution < 1.29 is 19.4 Å². The van der Waals surface area contributed by atoms with Crippen LogP contribution in [0.2, 0.25) is 10.0 Å². The second-order valence-corrected chi connectivity index (χ2v) is 13.8. The van der Waals surface area contributed by atoms with E-state index in [4.69, 9.17) is 42.8 Å². The van der Waals surface area contributed by atoms with Crippen LogP contribution in [-0.4, -0.2) is 57.7 Å². The minimum atomic E-state index is -0.907. The van der Waals surface area contributed by atoms with Gasteiger partial charge in [0.15, 0.2) is 5.13 Å². The molecule has 8 nitrogen and oxygen atoms in total. The second-order valence-electron chi connectivity index (χ2n) is 11.9. The number of thiazole rings is 1. The van der Waals surface area contributed by atoms with Crippen molar-refractivity contribution in [3.8, 4) is 11.1 Å². The summed E-state index contributed by atoms with van der Waals surface area (Å²) < 4.78 is 15.3. The second kappa shape index (κ2) is 10.5. The number of anilines is 1. The van der Waals surface area contributed by atoms with Crippen LogP contribution in [0.3, 0.4) is 0 Å². The number of carboxylic acids is 1. The molecule has 4 atom stereocenters. The lowest BCUT2D eigenvalue weighted by atomic mass is 9.95. The minimum Gasteiger partial charge on any atom is -0.478 e. The maximum atomic E-state index is 11.9. The molecule has 4 aliphatic rings. The first kappa shape index (κ1) is 26.9. The van der Waals surface area contributed by atoms with Crippen molar-refractivity contribution in [2.24, 2.45) is 5.92 Å². The Bertz CT molecular complexity index is 1680. The molecule has 0 radical (unpaired) electrons. The van der Waals surface area contributed by atoms with Crippen molar-refractivity contribution in [3.63, 3.8) is 0 Å². The Balaban J connectivity index is 1.02. The number of rotatable bonds is 8. The lowest BCUT2D eigenvalue weighted by Gasteiger charge is -2.31. The zero-order chi connectivity index (χ0) is 28.5. The molecule has 2 aliphatic heterocycles. The molecular formula is C31H30Cl2N4O4S. The van der Waals surface area contributed by atoms with Gasteiger partial charge in [0.1, 0.15) is 0 Å². The number of nitrogens with zero attached hydrogens (tertiary/aromatic N) is 4. The highest BCUT2D eigenvalue weighted by molar-refractivity contribution is 7.22. The third-order valence-corrected chi connectivity index (χ3v) is 11.0. The number of benzene rings is 2. The number of hydrogen-bond donors (Lipinski definition) is 1. The molecule has 0 unspecified atom stereocenters. The molecule has 42 heavy (non-hydrogen) atoms. The fourth-order valence-electron chi connectivity index (χ4n) is 7.04. The molecule has 2 saturated heterocycles. The van der Waals surface area contributed by atoms with Crippen molar-refractivity contribution in [1.29, 1.82) is 0 Å². The fourth-order valence-corrected chi connectivity index (χ4v) is 8.76. The zero-order valence-electron chi connectivity index (χ0n) is 22.8. The van der Waals surface area contributed by atoms with Crippen LogP contribution in [0.25, 0.3) is 21.3 Å². The van der Waals surface area contributed by atoms with Crippen LogP contribution < -0.4 is 4.90 Å². The van der Waals surface area contributed by atoms with E-state index < -0.39 is 5.97 Å². The Morgan fingerprint density at radius 3 is 2.67 bits per heavy atom. The standard InChI is InChI=1S/C31H30Cl2N4O4S/c32-23-2-1-3-24(33)28(23)22-12-34-37(19-4-5-19)25(22)15-41-26-11-20-8-18(26)13-36(20)31-35-29-21(16-6-7-40-14-16)9-17(30(38)39)10-27(29)42-31/h1-3,9-10,12,16,18-20,26H,4-8,11,13-15H2,(H,38,39)/t16-,18-,20-,26+/m0/s1. The summed E-state index contributed by atoms with van der Waals surface area (Å²) >= 11 is 14.8. The molecule has 2 aliphatic carbocycles. The van der Waals surface area contributed by atoms with Crippen LogP contribution in [-0.2, 0) is 16.1 Å². The predicted molar refractivity (Wildman–Crippen MR) is 163 cm³/mol. The number of piperidine rings is 1. The molecule has 0 spiro atoms. The largest absolute Gasteiger partial charge is 0.478 e. The molecule has 1 N–H and O–H groups in total. The highest BCUT2D eigenvalue weighted by Crippen LogP contribution is 2.47.